The van der Waals surface area contributed by atoms with Gasteiger partial charge in [-0.3, -0.25) is 5.32 Å². The summed E-state index contributed by atoms with van der Waals surface area (Å²) >= 11 is 0. The lowest BCUT2D eigenvalue weighted by Crippen LogP contribution is -2.35. The highest BCUT2D eigenvalue weighted by Gasteiger charge is 2.28. The van der Waals surface area contributed by atoms with Gasteiger partial charge in [-0.15, -0.1) is 0 Å². The number of ether oxygens (including phenoxy) is 3. The minimum Gasteiger partial charge on any atom is -0.464 e. The number of alkyl carbamates (subject to hydrolysis) is 1. The molecule has 0 atom stereocenters. The van der Waals surface area contributed by atoms with Gasteiger partial charge in [0, 0.05) is 0 Å². The summed E-state index contributed by atoms with van der Waals surface area (Å²) in [5.74, 6) is -0.607. The van der Waals surface area contributed by atoms with Gasteiger partial charge in [-0.05, 0) is 37.8 Å². The van der Waals surface area contributed by atoms with Crippen LogP contribution in [0.3, 0.4) is 0 Å². The van der Waals surface area contributed by atoms with Crippen LogP contribution in [0.1, 0.15) is 32.3 Å². The summed E-state index contributed by atoms with van der Waals surface area (Å²) in [6.45, 7) is 4.38. The number of carbonyl (C=O) groups excluding carboxylic acids is 2. The van der Waals surface area contributed by atoms with Gasteiger partial charge in [-0.1, -0.05) is 30.3 Å². The van der Waals surface area contributed by atoms with Crippen LogP contribution in [-0.2, 0) is 25.6 Å². The Morgan fingerprint density at radius 2 is 1.96 bits per heavy atom. The van der Waals surface area contributed by atoms with E-state index in [2.05, 4.69) is 5.32 Å². The molecule has 130 valence electrons. The van der Waals surface area contributed by atoms with Crippen molar-refractivity contribution in [3.05, 3.63) is 47.2 Å². The average Bonchev–Trinajstić information content (AvgIpc) is 2.58. The van der Waals surface area contributed by atoms with Crippen LogP contribution in [0.2, 0.25) is 0 Å². The summed E-state index contributed by atoms with van der Waals surface area (Å²) in [6.07, 6.45) is 0.705. The normalized spacial score (nSPS) is 18.5. The third-order valence-electron chi connectivity index (χ3n) is 3.85. The van der Waals surface area contributed by atoms with Crippen molar-refractivity contribution in [3.8, 4) is 0 Å². The first-order valence-electron chi connectivity index (χ1n) is 7.83. The number of amides is 1. The van der Waals surface area contributed by atoms with E-state index >= 15 is 0 Å². The topological polar surface area (TPSA) is 73.9 Å². The van der Waals surface area contributed by atoms with Crippen molar-refractivity contribution in [2.45, 2.75) is 38.9 Å². The van der Waals surface area contributed by atoms with Gasteiger partial charge in [-0.2, -0.15) is 0 Å². The fourth-order valence-corrected chi connectivity index (χ4v) is 2.32. The van der Waals surface area contributed by atoms with E-state index in [4.69, 9.17) is 14.2 Å². The predicted octanol–water partition coefficient (Wildman–Crippen LogP) is 2.93. The quantitative estimate of drug-likeness (QED) is 0.677. The average molecular weight is 333 g/mol. The Morgan fingerprint density at radius 1 is 1.25 bits per heavy atom. The monoisotopic (exact) mass is 333 g/mol. The first-order valence-corrected chi connectivity index (χ1v) is 7.83. The standard InChI is InChI=1S/C18H23NO5/c1-18(2)10-9-14(12-24-18)15(16(20)22-3)19-17(21)23-11-13-7-5-4-6-8-13/h4-8H,9-12H2,1-3H3,(H,19,21)/b15-14+. The van der Waals surface area contributed by atoms with Crippen LogP contribution in [-0.4, -0.2) is 31.4 Å². The van der Waals surface area contributed by atoms with Crippen LogP contribution >= 0.6 is 0 Å². The zero-order valence-corrected chi connectivity index (χ0v) is 14.3. The Morgan fingerprint density at radius 3 is 2.54 bits per heavy atom. The van der Waals surface area contributed by atoms with Crippen LogP contribution in [0.5, 0.6) is 0 Å². The molecule has 1 saturated heterocycles. The van der Waals surface area contributed by atoms with Crippen LogP contribution in [0.15, 0.2) is 41.6 Å². The Hall–Kier alpha value is -2.34. The number of methoxy groups -OCH3 is 1. The van der Waals surface area contributed by atoms with Crippen molar-refractivity contribution in [3.63, 3.8) is 0 Å². The highest BCUT2D eigenvalue weighted by Crippen LogP contribution is 2.28. The molecule has 1 aromatic carbocycles. The molecule has 1 fully saturated rings. The summed E-state index contributed by atoms with van der Waals surface area (Å²) < 4.78 is 15.6. The maximum atomic E-state index is 12.0. The maximum absolute atomic E-state index is 12.0. The van der Waals surface area contributed by atoms with Gasteiger partial charge < -0.3 is 14.2 Å². The van der Waals surface area contributed by atoms with Crippen LogP contribution < -0.4 is 5.32 Å². The summed E-state index contributed by atoms with van der Waals surface area (Å²) in [6, 6.07) is 9.31. The number of rotatable bonds is 4. The second-order valence-corrected chi connectivity index (χ2v) is 6.21. The van der Waals surface area contributed by atoms with Gasteiger partial charge in [0.05, 0.1) is 19.3 Å². The second kappa shape index (κ2) is 7.97. The molecule has 1 aliphatic rings. The number of carbonyl (C=O) groups is 2. The smallest absolute Gasteiger partial charge is 0.412 e. The van der Waals surface area contributed by atoms with Crippen molar-refractivity contribution in [2.24, 2.45) is 0 Å². The highest BCUT2D eigenvalue weighted by molar-refractivity contribution is 5.93. The number of benzene rings is 1. The lowest BCUT2D eigenvalue weighted by molar-refractivity contribution is -0.136. The molecule has 0 unspecified atom stereocenters. The SMILES string of the molecule is COC(=O)/C(NC(=O)OCc1ccccc1)=C1/CCC(C)(C)OC1. The van der Waals surface area contributed by atoms with Crippen LogP contribution in [0, 0.1) is 0 Å². The summed E-state index contributed by atoms with van der Waals surface area (Å²) in [5.41, 5.74) is 1.44. The van der Waals surface area contributed by atoms with Crippen molar-refractivity contribution in [1.82, 2.24) is 5.32 Å². The van der Waals surface area contributed by atoms with Gasteiger partial charge in [0.2, 0.25) is 0 Å². The van der Waals surface area contributed by atoms with Crippen LogP contribution in [0.25, 0.3) is 0 Å². The first-order chi connectivity index (χ1) is 11.4. The Balaban J connectivity index is 2.01. The maximum Gasteiger partial charge on any atom is 0.412 e. The van der Waals surface area contributed by atoms with E-state index in [1.807, 2.05) is 44.2 Å². The molecule has 1 amide bonds. The van der Waals surface area contributed by atoms with E-state index < -0.39 is 12.1 Å². The molecule has 24 heavy (non-hydrogen) atoms. The molecule has 6 heteroatoms. The Bertz CT molecular complexity index is 610. The zero-order chi connectivity index (χ0) is 17.6. The largest absolute Gasteiger partial charge is 0.464 e. The van der Waals surface area contributed by atoms with E-state index in [9.17, 15) is 9.59 Å². The number of hydrogen-bond acceptors (Lipinski definition) is 5. The Labute approximate surface area is 141 Å². The van der Waals surface area contributed by atoms with Gasteiger partial charge in [-0.25, -0.2) is 9.59 Å². The summed E-state index contributed by atoms with van der Waals surface area (Å²) in [4.78, 5) is 24.0. The Kier molecular flexibility index (Phi) is 5.98. The minimum atomic E-state index is -0.698. The molecule has 1 heterocycles. The third-order valence-corrected chi connectivity index (χ3v) is 3.85. The summed E-state index contributed by atoms with van der Waals surface area (Å²) in [7, 11) is 1.27. The van der Waals surface area contributed by atoms with Crippen molar-refractivity contribution in [2.75, 3.05) is 13.7 Å². The zero-order valence-electron chi connectivity index (χ0n) is 14.3. The molecule has 1 aliphatic heterocycles. The van der Waals surface area contributed by atoms with E-state index in [1.165, 1.54) is 7.11 Å². The van der Waals surface area contributed by atoms with Crippen molar-refractivity contribution in [1.29, 1.82) is 0 Å². The summed E-state index contributed by atoms with van der Waals surface area (Å²) in [5, 5.41) is 2.50. The lowest BCUT2D eigenvalue weighted by atomic mass is 9.94. The van der Waals surface area contributed by atoms with E-state index in [0.29, 0.717) is 12.0 Å². The molecule has 1 aromatic rings. The molecule has 1 N–H and O–H groups in total. The highest BCUT2D eigenvalue weighted by atomic mass is 16.6. The molecule has 0 spiro atoms. The number of nitrogens with one attached hydrogen (secondary N) is 1. The molecule has 6 nitrogen and oxygen atoms in total. The molecular weight excluding hydrogens is 310 g/mol. The molecular formula is C18H23NO5. The van der Waals surface area contributed by atoms with Gasteiger partial charge in [0.25, 0.3) is 0 Å². The first kappa shape index (κ1) is 18.0. The molecule has 2 rings (SSSR count). The van der Waals surface area contributed by atoms with Crippen molar-refractivity contribution < 1.29 is 23.8 Å². The molecule has 0 bridgehead atoms. The van der Waals surface area contributed by atoms with Crippen molar-refractivity contribution >= 4 is 12.1 Å². The van der Waals surface area contributed by atoms with Gasteiger partial charge in [0.15, 0.2) is 0 Å². The molecule has 0 saturated carbocycles. The predicted molar refractivity (Wildman–Crippen MR) is 88.1 cm³/mol. The van der Waals surface area contributed by atoms with E-state index in [0.717, 1.165) is 12.0 Å². The lowest BCUT2D eigenvalue weighted by Gasteiger charge is -2.32. The van der Waals surface area contributed by atoms with Gasteiger partial charge in [0.1, 0.15) is 12.3 Å². The minimum absolute atomic E-state index is 0.103. The fourth-order valence-electron chi connectivity index (χ4n) is 2.32. The fraction of sp³-hybridized carbons (Fsp3) is 0.444. The number of esters is 1. The molecule has 0 radical (unpaired) electrons. The van der Waals surface area contributed by atoms with Crippen LogP contribution in [0.4, 0.5) is 4.79 Å². The third kappa shape index (κ3) is 5.09. The number of hydrogen-bond donors (Lipinski definition) is 1. The molecule has 0 aliphatic carbocycles. The van der Waals surface area contributed by atoms with Gasteiger partial charge >= 0.3 is 12.1 Å². The van der Waals surface area contributed by atoms with E-state index in [-0.39, 0.29) is 24.5 Å². The molecule has 0 aromatic heterocycles. The second-order valence-electron chi connectivity index (χ2n) is 6.21. The van der Waals surface area contributed by atoms with E-state index in [1.54, 1.807) is 0 Å².